The van der Waals surface area contributed by atoms with Crippen LogP contribution in [-0.4, -0.2) is 167 Å². The number of halogens is 8. The van der Waals surface area contributed by atoms with Crippen molar-refractivity contribution in [3.8, 4) is 0 Å². The van der Waals surface area contributed by atoms with E-state index in [4.69, 9.17) is 39.1 Å². The Morgan fingerprint density at radius 3 is 1.25 bits per heavy atom. The standard InChI is InChI=1S/C15H23F2NO2Si.C15H22F2O2Si.C13H27NO2Si.C10H9F2NO2.C9H11F2NO.C7H13NO2.C4H8O3/c1-10(20-21(5,6)15(2,3)4)14(18-19)11-7-8-12(16)13(17)9-11;1-10(19-20(5,6)15(2,3)4)14(18)11-7-8-12(16)13(17)9-11;1-11(12(15)14-9-7-8-10-14)16-17(5,6)13(2,3)4;1-5-9(13-10(14)15-5)6-2-3-7(11)8(12)4-6;1-5(13)9(12)6-2-3-7(10)8(11)4-6;1-6(9)7(10)8-4-2-3-5-8;1-3(5)4(6)7-2/h7-10,19H,1-6H3;7-10H,1-6H3;11H,7-10H2,1-6H3;2-5,9H,1H3,(H,13,14);2-5,9,13H,12H2,1H3;6,9H,2-5H2,1H3;3,5H,1-2H3/b18-14+;;;;;;/t2*10-;11-;2*5-,9?;6-;3-/m0001000/s1. The molecule has 0 bridgehead atoms. The zero-order chi connectivity index (χ0) is 79.8. The molecule has 3 fully saturated rings. The van der Waals surface area contributed by atoms with Crippen LogP contribution < -0.4 is 11.1 Å². The molecule has 0 spiro atoms. The molecule has 19 nitrogen and oxygen atoms in total. The number of Topliss-reactive ketones (excluding diaryl/α,β-unsaturated/α-hetero) is 1. The van der Waals surface area contributed by atoms with Crippen LogP contribution in [-0.2, 0) is 37.1 Å². The molecule has 0 aromatic heterocycles. The van der Waals surface area contributed by atoms with E-state index in [0.717, 1.165) is 100 Å². The minimum atomic E-state index is -2.08. The first-order chi connectivity index (χ1) is 47.1. The first-order valence-corrected chi connectivity index (χ1v) is 42.8. The van der Waals surface area contributed by atoms with Gasteiger partial charge in [-0.3, -0.25) is 14.4 Å². The molecule has 3 saturated heterocycles. The van der Waals surface area contributed by atoms with E-state index in [-0.39, 0.29) is 56.2 Å². The Hall–Kier alpha value is -6.49. The summed E-state index contributed by atoms with van der Waals surface area (Å²) in [7, 11) is -4.74. The van der Waals surface area contributed by atoms with Crippen molar-refractivity contribution in [2.45, 2.75) is 246 Å². The van der Waals surface area contributed by atoms with Crippen molar-refractivity contribution in [1.82, 2.24) is 15.1 Å². The second-order valence-electron chi connectivity index (χ2n) is 30.0. The van der Waals surface area contributed by atoms with Gasteiger partial charge in [-0.15, -0.1) is 0 Å². The number of carbonyl (C=O) groups excluding carboxylic acids is 5. The highest BCUT2D eigenvalue weighted by Gasteiger charge is 2.43. The lowest BCUT2D eigenvalue weighted by Crippen LogP contribution is -2.48. The fraction of sp³-hybridized carbons (Fsp3) is 0.589. The van der Waals surface area contributed by atoms with Gasteiger partial charge in [0.2, 0.25) is 5.91 Å². The molecule has 9 atom stereocenters. The summed E-state index contributed by atoms with van der Waals surface area (Å²) >= 11 is 0. The van der Waals surface area contributed by atoms with Gasteiger partial charge in [0.05, 0.1) is 31.4 Å². The van der Waals surface area contributed by atoms with Gasteiger partial charge in [0.1, 0.15) is 36.2 Å². The van der Waals surface area contributed by atoms with Crippen LogP contribution in [0.2, 0.25) is 54.4 Å². The first-order valence-electron chi connectivity index (χ1n) is 34.1. The van der Waals surface area contributed by atoms with Crippen molar-refractivity contribution in [3.63, 3.8) is 0 Å². The lowest BCUT2D eigenvalue weighted by atomic mass is 10.0. The summed E-state index contributed by atoms with van der Waals surface area (Å²) in [5.41, 5.74) is 7.03. The fourth-order valence-corrected chi connectivity index (χ4v) is 13.1. The number of ether oxygens (including phenoxy) is 2. The van der Waals surface area contributed by atoms with Crippen LogP contribution in [0, 0.1) is 46.5 Å². The molecule has 3 aliphatic rings. The number of methoxy groups -OCH3 is 1. The minimum Gasteiger partial charge on any atom is -0.467 e. The summed E-state index contributed by atoms with van der Waals surface area (Å²) < 4.78 is 130. The average Bonchev–Trinajstić information content (AvgIpc) is 0.878. The molecular formula is C73H113F8N5O14Si3. The van der Waals surface area contributed by atoms with Crippen LogP contribution in [0.15, 0.2) is 78.0 Å². The number of aliphatic hydroxyl groups is 3. The Morgan fingerprint density at radius 1 is 0.544 bits per heavy atom. The van der Waals surface area contributed by atoms with E-state index in [1.54, 1.807) is 25.7 Å². The maximum Gasteiger partial charge on any atom is 0.408 e. The van der Waals surface area contributed by atoms with Crippen LogP contribution >= 0.6 is 0 Å². The number of alkyl carbamates (subject to hydrolysis) is 1. The van der Waals surface area contributed by atoms with Crippen LogP contribution in [0.3, 0.4) is 0 Å². The normalized spacial score (nSPS) is 17.6. The lowest BCUT2D eigenvalue weighted by molar-refractivity contribution is -0.149. The van der Waals surface area contributed by atoms with E-state index in [1.165, 1.54) is 52.1 Å². The summed E-state index contributed by atoms with van der Waals surface area (Å²) in [6, 6.07) is 12.3. The number of nitrogens with one attached hydrogen (secondary N) is 1. The number of oxime groups is 1. The number of amides is 3. The Labute approximate surface area is 606 Å². The van der Waals surface area contributed by atoms with Crippen molar-refractivity contribution in [1.29, 1.82) is 0 Å². The predicted octanol–water partition coefficient (Wildman–Crippen LogP) is 15.1. The van der Waals surface area contributed by atoms with E-state index >= 15 is 0 Å². The van der Waals surface area contributed by atoms with E-state index in [9.17, 15) is 64.3 Å². The number of esters is 1. The lowest BCUT2D eigenvalue weighted by Gasteiger charge is -2.38. The molecule has 7 N–H and O–H groups in total. The van der Waals surface area contributed by atoms with Gasteiger partial charge < -0.3 is 64.1 Å². The highest BCUT2D eigenvalue weighted by Crippen LogP contribution is 2.40. The Balaban J connectivity index is 0.000000613. The Morgan fingerprint density at radius 2 is 0.913 bits per heavy atom. The Bertz CT molecular complexity index is 3410. The molecule has 4 aromatic carbocycles. The largest absolute Gasteiger partial charge is 0.467 e. The zero-order valence-electron chi connectivity index (χ0n) is 64.1. The molecule has 4 aromatic rings. The van der Waals surface area contributed by atoms with Gasteiger partial charge >= 0.3 is 12.1 Å². The Kier molecular flexibility index (Phi) is 38.0. The van der Waals surface area contributed by atoms with Crippen molar-refractivity contribution in [3.05, 3.63) is 142 Å². The van der Waals surface area contributed by atoms with Gasteiger partial charge in [0.25, 0.3) is 5.91 Å². The number of cyclic esters (lactones) is 1. The summed E-state index contributed by atoms with van der Waals surface area (Å²) in [5.74, 6) is -8.47. The highest BCUT2D eigenvalue weighted by molar-refractivity contribution is 6.75. The molecule has 3 aliphatic heterocycles. The third-order valence-electron chi connectivity index (χ3n) is 18.4. The summed E-state index contributed by atoms with van der Waals surface area (Å²) in [6.45, 7) is 46.6. The topological polar surface area (TPSA) is 269 Å². The van der Waals surface area contributed by atoms with Crippen LogP contribution in [0.1, 0.15) is 176 Å². The van der Waals surface area contributed by atoms with Gasteiger partial charge in [0, 0.05) is 37.3 Å². The summed E-state index contributed by atoms with van der Waals surface area (Å²) in [6.07, 6.45) is -0.559. The average molecular weight is 1520 g/mol. The number of hydrogen-bond acceptors (Lipinski definition) is 16. The minimum absolute atomic E-state index is 0.00410. The first kappa shape index (κ1) is 94.5. The number of nitrogens with two attached hydrogens (primary N) is 1. The van der Waals surface area contributed by atoms with E-state index in [2.05, 4.69) is 104 Å². The molecule has 7 rings (SSSR count). The third kappa shape index (κ3) is 30.5. The second kappa shape index (κ2) is 41.4. The SMILES string of the molecule is COC(=O)[C@H](C)O.C[C@H](O)C(=O)N1CCCC1.C[C@H](O)C(N)c1ccc(F)c(F)c1.C[C@H](O[Si](C)(C)C(C)(C)C)/C(=N\O)c1ccc(F)c(F)c1.C[C@H](O[Si](C)(C)C(C)(C)C)C(=O)N1CCCC1.C[C@H](O[Si](C)(C)C(C)(C)C)C(=O)c1ccc(F)c(F)c1.C[C@H]1OC(=O)NC1c1ccc(F)c(F)c1. The van der Waals surface area contributed by atoms with E-state index in [1.807, 2.05) is 24.9 Å². The molecule has 0 saturated carbocycles. The summed E-state index contributed by atoms with van der Waals surface area (Å²) in [4.78, 5) is 60.0. The number of nitrogens with zero attached hydrogens (tertiary/aromatic N) is 3. The number of benzene rings is 4. The molecule has 2 unspecified atom stereocenters. The van der Waals surface area contributed by atoms with Gasteiger partial charge in [-0.1, -0.05) is 79.6 Å². The molecule has 3 heterocycles. The van der Waals surface area contributed by atoms with E-state index in [0.29, 0.717) is 16.7 Å². The molecule has 0 aliphatic carbocycles. The van der Waals surface area contributed by atoms with Crippen molar-refractivity contribution in [2.24, 2.45) is 10.9 Å². The van der Waals surface area contributed by atoms with Crippen LogP contribution in [0.25, 0.3) is 0 Å². The van der Waals surface area contributed by atoms with E-state index < -0.39 is 126 Å². The number of ketones is 1. The third-order valence-corrected chi connectivity index (χ3v) is 32.0. The van der Waals surface area contributed by atoms with Crippen molar-refractivity contribution < 1.29 is 102 Å². The molecular weight excluding hydrogens is 1410 g/mol. The molecule has 30 heteroatoms. The second-order valence-corrected chi connectivity index (χ2v) is 44.2. The number of hydrogen-bond donors (Lipinski definition) is 6. The number of aliphatic hydroxyl groups excluding tert-OH is 3. The molecule has 582 valence electrons. The monoisotopic (exact) mass is 1520 g/mol. The van der Waals surface area contributed by atoms with Gasteiger partial charge in [-0.25, -0.2) is 44.7 Å². The van der Waals surface area contributed by atoms with Crippen LogP contribution in [0.5, 0.6) is 0 Å². The number of rotatable bonds is 16. The maximum atomic E-state index is 13.3. The molecule has 3 amide bonds. The van der Waals surface area contributed by atoms with Gasteiger partial charge in [-0.2, -0.15) is 0 Å². The molecule has 103 heavy (non-hydrogen) atoms. The molecule has 0 radical (unpaired) electrons. The van der Waals surface area contributed by atoms with Crippen molar-refractivity contribution in [2.75, 3.05) is 33.3 Å². The predicted molar refractivity (Wildman–Crippen MR) is 389 cm³/mol. The maximum absolute atomic E-state index is 13.3. The zero-order valence-corrected chi connectivity index (χ0v) is 67.1. The smallest absolute Gasteiger partial charge is 0.408 e. The number of likely N-dealkylation sites (tertiary alicyclic amines) is 2. The quantitative estimate of drug-likeness (QED) is 0.0116. The van der Waals surface area contributed by atoms with Gasteiger partial charge in [-0.05, 0) is 200 Å². The highest BCUT2D eigenvalue weighted by atomic mass is 28.4. The summed E-state index contributed by atoms with van der Waals surface area (Å²) in [5, 5.41) is 41.4. The number of carbonyl (C=O) groups is 5. The van der Waals surface area contributed by atoms with Gasteiger partial charge in [0.15, 0.2) is 77.3 Å². The van der Waals surface area contributed by atoms with Crippen molar-refractivity contribution >= 4 is 60.3 Å². The fourth-order valence-electron chi connectivity index (χ4n) is 9.07. The van der Waals surface area contributed by atoms with Crippen LogP contribution in [0.4, 0.5) is 39.9 Å².